The third kappa shape index (κ3) is 3.68. The van der Waals surface area contributed by atoms with Gasteiger partial charge >= 0.3 is 5.97 Å². The number of esters is 1. The predicted octanol–water partition coefficient (Wildman–Crippen LogP) is 5.44. The van der Waals surface area contributed by atoms with E-state index < -0.39 is 5.97 Å². The standard InChI is InChI=1S/C22H13BrO4/c23-16-8-4-7-15(11-16)22(25)26-17-9-10-20-18(12-17)19(24)13-21(27-20)14-5-2-1-3-6-14/h1-13H. The number of fused-ring (bicyclic) bond motifs is 1. The summed E-state index contributed by atoms with van der Waals surface area (Å²) in [5.41, 5.74) is 1.47. The molecule has 1 aromatic heterocycles. The molecule has 0 radical (unpaired) electrons. The van der Waals surface area contributed by atoms with Crippen LogP contribution < -0.4 is 10.2 Å². The number of rotatable bonds is 3. The van der Waals surface area contributed by atoms with E-state index in [1.807, 2.05) is 36.4 Å². The molecule has 0 aliphatic carbocycles. The molecule has 1 heterocycles. The van der Waals surface area contributed by atoms with Gasteiger partial charge < -0.3 is 9.15 Å². The summed E-state index contributed by atoms with van der Waals surface area (Å²) in [4.78, 5) is 24.8. The summed E-state index contributed by atoms with van der Waals surface area (Å²) in [5, 5.41) is 0.356. The molecule has 0 amide bonds. The Morgan fingerprint density at radius 2 is 1.70 bits per heavy atom. The molecule has 0 fully saturated rings. The van der Waals surface area contributed by atoms with Crippen LogP contribution >= 0.6 is 15.9 Å². The minimum absolute atomic E-state index is 0.199. The molecule has 4 aromatic rings. The van der Waals surface area contributed by atoms with E-state index in [1.54, 1.807) is 30.3 Å². The highest BCUT2D eigenvalue weighted by atomic mass is 79.9. The maximum Gasteiger partial charge on any atom is 0.343 e. The van der Waals surface area contributed by atoms with Gasteiger partial charge in [-0.2, -0.15) is 0 Å². The van der Waals surface area contributed by atoms with Gasteiger partial charge in [-0.3, -0.25) is 4.79 Å². The van der Waals surface area contributed by atoms with E-state index in [2.05, 4.69) is 15.9 Å². The van der Waals surface area contributed by atoms with Crippen molar-refractivity contribution >= 4 is 32.9 Å². The monoisotopic (exact) mass is 420 g/mol. The van der Waals surface area contributed by atoms with Gasteiger partial charge in [-0.15, -0.1) is 0 Å². The van der Waals surface area contributed by atoms with Crippen molar-refractivity contribution in [3.05, 3.63) is 99.1 Å². The summed E-state index contributed by atoms with van der Waals surface area (Å²) in [7, 11) is 0. The fourth-order valence-corrected chi connectivity index (χ4v) is 3.12. The first-order valence-corrected chi connectivity index (χ1v) is 9.00. The predicted molar refractivity (Wildman–Crippen MR) is 107 cm³/mol. The van der Waals surface area contributed by atoms with Crippen LogP contribution in [-0.2, 0) is 0 Å². The summed E-state index contributed by atoms with van der Waals surface area (Å²) in [6.45, 7) is 0. The third-order valence-corrected chi connectivity index (χ3v) is 4.52. The van der Waals surface area contributed by atoms with E-state index in [0.29, 0.717) is 22.3 Å². The Labute approximate surface area is 163 Å². The zero-order chi connectivity index (χ0) is 18.8. The normalized spacial score (nSPS) is 10.7. The van der Waals surface area contributed by atoms with Crippen LogP contribution in [0.5, 0.6) is 5.75 Å². The molecule has 0 spiro atoms. The summed E-state index contributed by atoms with van der Waals surface area (Å²) in [6.07, 6.45) is 0. The van der Waals surface area contributed by atoms with Gasteiger partial charge in [0.15, 0.2) is 5.43 Å². The Hall–Kier alpha value is -3.18. The lowest BCUT2D eigenvalue weighted by Gasteiger charge is -2.07. The highest BCUT2D eigenvalue weighted by Gasteiger charge is 2.12. The van der Waals surface area contributed by atoms with Crippen LogP contribution in [0.25, 0.3) is 22.3 Å². The number of carbonyl (C=O) groups excluding carboxylic acids is 1. The number of halogens is 1. The lowest BCUT2D eigenvalue weighted by molar-refractivity contribution is 0.0735. The summed E-state index contributed by atoms with van der Waals surface area (Å²) >= 11 is 3.32. The van der Waals surface area contributed by atoms with Crippen LogP contribution in [-0.4, -0.2) is 5.97 Å². The van der Waals surface area contributed by atoms with E-state index >= 15 is 0 Å². The van der Waals surface area contributed by atoms with Crippen LogP contribution in [0.4, 0.5) is 0 Å². The van der Waals surface area contributed by atoms with Crippen LogP contribution in [0, 0.1) is 0 Å². The number of hydrogen-bond acceptors (Lipinski definition) is 4. The van der Waals surface area contributed by atoms with E-state index in [1.165, 1.54) is 12.1 Å². The summed E-state index contributed by atoms with van der Waals surface area (Å²) < 4.78 is 12.0. The fraction of sp³-hybridized carbons (Fsp3) is 0. The Morgan fingerprint density at radius 3 is 2.48 bits per heavy atom. The number of benzene rings is 3. The summed E-state index contributed by atoms with van der Waals surface area (Å²) in [6, 6.07) is 22.5. The molecule has 5 heteroatoms. The first kappa shape index (κ1) is 17.2. The third-order valence-electron chi connectivity index (χ3n) is 4.03. The second-order valence-corrected chi connectivity index (χ2v) is 6.81. The SMILES string of the molecule is O=C(Oc1ccc2oc(-c3ccccc3)cc(=O)c2c1)c1cccc(Br)c1. The topological polar surface area (TPSA) is 56.5 Å². The molecule has 0 aliphatic rings. The Balaban J connectivity index is 1.68. The van der Waals surface area contributed by atoms with E-state index in [-0.39, 0.29) is 11.2 Å². The van der Waals surface area contributed by atoms with E-state index in [4.69, 9.17) is 9.15 Å². The molecule has 0 atom stereocenters. The largest absolute Gasteiger partial charge is 0.456 e. The van der Waals surface area contributed by atoms with Gasteiger partial charge in [-0.1, -0.05) is 52.3 Å². The molecule has 27 heavy (non-hydrogen) atoms. The van der Waals surface area contributed by atoms with Crippen molar-refractivity contribution in [2.75, 3.05) is 0 Å². The highest BCUT2D eigenvalue weighted by Crippen LogP contribution is 2.25. The van der Waals surface area contributed by atoms with Gasteiger partial charge in [0.05, 0.1) is 10.9 Å². The molecule has 0 unspecified atom stereocenters. The van der Waals surface area contributed by atoms with Crippen LogP contribution in [0.15, 0.2) is 92.5 Å². The second-order valence-electron chi connectivity index (χ2n) is 5.90. The average Bonchev–Trinajstić information content (AvgIpc) is 2.69. The van der Waals surface area contributed by atoms with Crippen molar-refractivity contribution in [3.63, 3.8) is 0 Å². The van der Waals surface area contributed by atoms with E-state index in [0.717, 1.165) is 10.0 Å². The lowest BCUT2D eigenvalue weighted by atomic mass is 10.1. The van der Waals surface area contributed by atoms with E-state index in [9.17, 15) is 9.59 Å². The molecule has 4 rings (SSSR count). The van der Waals surface area contributed by atoms with Crippen molar-refractivity contribution in [1.82, 2.24) is 0 Å². The highest BCUT2D eigenvalue weighted by molar-refractivity contribution is 9.10. The Morgan fingerprint density at radius 1 is 0.889 bits per heavy atom. The molecule has 0 bridgehead atoms. The molecule has 3 aromatic carbocycles. The lowest BCUT2D eigenvalue weighted by Crippen LogP contribution is -2.09. The zero-order valence-corrected chi connectivity index (χ0v) is 15.6. The first-order chi connectivity index (χ1) is 13.1. The quantitative estimate of drug-likeness (QED) is 0.327. The fourth-order valence-electron chi connectivity index (χ4n) is 2.72. The van der Waals surface area contributed by atoms with Crippen LogP contribution in [0.2, 0.25) is 0 Å². The smallest absolute Gasteiger partial charge is 0.343 e. The van der Waals surface area contributed by atoms with Crippen molar-refractivity contribution in [3.8, 4) is 17.1 Å². The van der Waals surface area contributed by atoms with Gasteiger partial charge in [-0.25, -0.2) is 4.79 Å². The molecule has 0 saturated carbocycles. The zero-order valence-electron chi connectivity index (χ0n) is 14.0. The molecule has 132 valence electrons. The van der Waals surface area contributed by atoms with Gasteiger partial charge in [0.2, 0.25) is 0 Å². The minimum Gasteiger partial charge on any atom is -0.456 e. The van der Waals surface area contributed by atoms with Crippen molar-refractivity contribution in [2.24, 2.45) is 0 Å². The maximum atomic E-state index is 12.5. The van der Waals surface area contributed by atoms with Crippen LogP contribution in [0.1, 0.15) is 10.4 Å². The van der Waals surface area contributed by atoms with Gasteiger partial charge in [-0.05, 0) is 36.4 Å². The molecule has 0 N–H and O–H groups in total. The van der Waals surface area contributed by atoms with Gasteiger partial charge in [0, 0.05) is 16.1 Å². The average molecular weight is 421 g/mol. The van der Waals surface area contributed by atoms with Crippen molar-refractivity contribution < 1.29 is 13.9 Å². The minimum atomic E-state index is -0.499. The Kier molecular flexibility index (Phi) is 4.60. The first-order valence-electron chi connectivity index (χ1n) is 8.21. The van der Waals surface area contributed by atoms with Crippen LogP contribution in [0.3, 0.4) is 0 Å². The molecule has 0 aliphatic heterocycles. The second kappa shape index (κ2) is 7.21. The van der Waals surface area contributed by atoms with Crippen molar-refractivity contribution in [1.29, 1.82) is 0 Å². The summed E-state index contributed by atoms with van der Waals surface area (Å²) in [5.74, 6) is 0.278. The van der Waals surface area contributed by atoms with Crippen molar-refractivity contribution in [2.45, 2.75) is 0 Å². The molecular weight excluding hydrogens is 408 g/mol. The number of carbonyl (C=O) groups is 1. The Bertz CT molecular complexity index is 1200. The van der Waals surface area contributed by atoms with Gasteiger partial charge in [0.25, 0.3) is 0 Å². The maximum absolute atomic E-state index is 12.5. The molecular formula is C22H13BrO4. The van der Waals surface area contributed by atoms with Gasteiger partial charge in [0.1, 0.15) is 17.1 Å². The number of ether oxygens (including phenoxy) is 1. The molecule has 0 saturated heterocycles. The number of hydrogen-bond donors (Lipinski definition) is 0. The molecule has 4 nitrogen and oxygen atoms in total.